The molecule has 1 aromatic carbocycles. The lowest BCUT2D eigenvalue weighted by molar-refractivity contribution is 0.0658. The molecule has 1 aliphatic heterocycles. The van der Waals surface area contributed by atoms with E-state index in [1.165, 1.54) is 17.5 Å². The third-order valence-electron chi connectivity index (χ3n) is 4.40. The zero-order valence-electron chi connectivity index (χ0n) is 14.2. The van der Waals surface area contributed by atoms with Gasteiger partial charge in [0.2, 0.25) is 0 Å². The van der Waals surface area contributed by atoms with Gasteiger partial charge in [0.05, 0.1) is 0 Å². The van der Waals surface area contributed by atoms with E-state index in [0.29, 0.717) is 18.1 Å². The molecule has 0 aliphatic carbocycles. The SMILES string of the molecule is Cc1ccccc1CNc1cc(C(=O)N2CCN(C)CC2)ncn1. The molecule has 0 radical (unpaired) electrons. The molecule has 1 amide bonds. The van der Waals surface area contributed by atoms with Gasteiger partial charge in [0.1, 0.15) is 17.8 Å². The van der Waals surface area contributed by atoms with Crippen LogP contribution in [0.5, 0.6) is 0 Å². The van der Waals surface area contributed by atoms with Crippen molar-refractivity contribution in [3.05, 3.63) is 53.5 Å². The summed E-state index contributed by atoms with van der Waals surface area (Å²) in [6, 6.07) is 9.95. The van der Waals surface area contributed by atoms with E-state index in [-0.39, 0.29) is 5.91 Å². The topological polar surface area (TPSA) is 61.4 Å². The molecule has 0 spiro atoms. The zero-order chi connectivity index (χ0) is 16.9. The molecule has 1 aliphatic rings. The average Bonchev–Trinajstić information content (AvgIpc) is 2.61. The first-order chi connectivity index (χ1) is 11.6. The maximum atomic E-state index is 12.6. The molecular weight excluding hydrogens is 302 g/mol. The zero-order valence-corrected chi connectivity index (χ0v) is 14.2. The Morgan fingerprint density at radius 3 is 2.67 bits per heavy atom. The number of carbonyl (C=O) groups excluding carboxylic acids is 1. The largest absolute Gasteiger partial charge is 0.366 e. The van der Waals surface area contributed by atoms with Crippen LogP contribution in [0.25, 0.3) is 0 Å². The number of aromatic nitrogens is 2. The van der Waals surface area contributed by atoms with Gasteiger partial charge in [-0.2, -0.15) is 0 Å². The predicted octanol–water partition coefficient (Wildman–Crippen LogP) is 1.78. The molecule has 24 heavy (non-hydrogen) atoms. The number of nitrogens with zero attached hydrogens (tertiary/aromatic N) is 4. The normalized spacial score (nSPS) is 15.3. The van der Waals surface area contributed by atoms with Crippen LogP contribution in [0.4, 0.5) is 5.82 Å². The summed E-state index contributed by atoms with van der Waals surface area (Å²) < 4.78 is 0. The van der Waals surface area contributed by atoms with Gasteiger partial charge in [-0.05, 0) is 25.1 Å². The van der Waals surface area contributed by atoms with Crippen molar-refractivity contribution in [2.75, 3.05) is 38.5 Å². The molecule has 0 bridgehead atoms. The van der Waals surface area contributed by atoms with Crippen LogP contribution in [0.3, 0.4) is 0 Å². The van der Waals surface area contributed by atoms with Crippen molar-refractivity contribution in [1.82, 2.24) is 19.8 Å². The minimum atomic E-state index is -0.0237. The first-order valence-corrected chi connectivity index (χ1v) is 8.22. The Labute approximate surface area is 142 Å². The van der Waals surface area contributed by atoms with Crippen LogP contribution >= 0.6 is 0 Å². The van der Waals surface area contributed by atoms with Crippen LogP contribution in [-0.4, -0.2) is 58.9 Å². The molecule has 6 nitrogen and oxygen atoms in total. The maximum absolute atomic E-state index is 12.6. The Morgan fingerprint density at radius 2 is 1.92 bits per heavy atom. The summed E-state index contributed by atoms with van der Waals surface area (Å²) in [6.45, 7) is 6.03. The molecule has 1 aromatic heterocycles. The van der Waals surface area contributed by atoms with Crippen molar-refractivity contribution in [2.45, 2.75) is 13.5 Å². The van der Waals surface area contributed by atoms with Gasteiger partial charge in [-0.3, -0.25) is 4.79 Å². The minimum absolute atomic E-state index is 0.0237. The second-order valence-corrected chi connectivity index (χ2v) is 6.16. The molecule has 1 N–H and O–H groups in total. The highest BCUT2D eigenvalue weighted by Crippen LogP contribution is 2.12. The van der Waals surface area contributed by atoms with Gasteiger partial charge in [0, 0.05) is 38.8 Å². The molecule has 6 heteroatoms. The first-order valence-electron chi connectivity index (χ1n) is 8.22. The van der Waals surface area contributed by atoms with Crippen molar-refractivity contribution in [1.29, 1.82) is 0 Å². The monoisotopic (exact) mass is 325 g/mol. The predicted molar refractivity (Wildman–Crippen MR) is 93.9 cm³/mol. The van der Waals surface area contributed by atoms with Gasteiger partial charge >= 0.3 is 0 Å². The Bertz CT molecular complexity index is 710. The molecule has 2 aromatic rings. The highest BCUT2D eigenvalue weighted by molar-refractivity contribution is 5.93. The quantitative estimate of drug-likeness (QED) is 0.928. The molecule has 2 heterocycles. The Balaban J connectivity index is 1.65. The summed E-state index contributed by atoms with van der Waals surface area (Å²) in [5.41, 5.74) is 2.89. The lowest BCUT2D eigenvalue weighted by Gasteiger charge is -2.32. The molecular formula is C18H23N5O. The van der Waals surface area contributed by atoms with Crippen molar-refractivity contribution in [3.63, 3.8) is 0 Å². The van der Waals surface area contributed by atoms with E-state index in [1.54, 1.807) is 6.07 Å². The molecule has 126 valence electrons. The fourth-order valence-corrected chi connectivity index (χ4v) is 2.74. The van der Waals surface area contributed by atoms with Crippen molar-refractivity contribution < 1.29 is 4.79 Å². The van der Waals surface area contributed by atoms with Gasteiger partial charge in [0.15, 0.2) is 0 Å². The van der Waals surface area contributed by atoms with Crippen LogP contribution in [0.15, 0.2) is 36.7 Å². The number of hydrogen-bond donors (Lipinski definition) is 1. The van der Waals surface area contributed by atoms with Crippen molar-refractivity contribution in [2.24, 2.45) is 0 Å². The number of likely N-dealkylation sites (N-methyl/N-ethyl adjacent to an activating group) is 1. The summed E-state index contributed by atoms with van der Waals surface area (Å²) in [7, 11) is 2.07. The minimum Gasteiger partial charge on any atom is -0.366 e. The Hall–Kier alpha value is -2.47. The van der Waals surface area contributed by atoms with E-state index in [0.717, 1.165) is 26.2 Å². The van der Waals surface area contributed by atoms with Crippen LogP contribution in [-0.2, 0) is 6.54 Å². The fourth-order valence-electron chi connectivity index (χ4n) is 2.74. The van der Waals surface area contributed by atoms with Crippen LogP contribution in [0, 0.1) is 6.92 Å². The summed E-state index contributed by atoms with van der Waals surface area (Å²) in [5.74, 6) is 0.648. The molecule has 0 unspecified atom stereocenters. The van der Waals surface area contributed by atoms with E-state index >= 15 is 0 Å². The highest BCUT2D eigenvalue weighted by Gasteiger charge is 2.21. The number of piperazine rings is 1. The number of anilines is 1. The number of rotatable bonds is 4. The average molecular weight is 325 g/mol. The van der Waals surface area contributed by atoms with Gasteiger partial charge < -0.3 is 15.1 Å². The molecule has 3 rings (SSSR count). The van der Waals surface area contributed by atoms with E-state index in [4.69, 9.17) is 0 Å². The van der Waals surface area contributed by atoms with Gasteiger partial charge in [0.25, 0.3) is 5.91 Å². The maximum Gasteiger partial charge on any atom is 0.272 e. The third kappa shape index (κ3) is 3.89. The van der Waals surface area contributed by atoms with Gasteiger partial charge in [-0.25, -0.2) is 9.97 Å². The van der Waals surface area contributed by atoms with E-state index in [2.05, 4.69) is 46.3 Å². The molecule has 1 fully saturated rings. The lowest BCUT2D eigenvalue weighted by Crippen LogP contribution is -2.47. The van der Waals surface area contributed by atoms with Crippen LogP contribution in [0.1, 0.15) is 21.6 Å². The van der Waals surface area contributed by atoms with E-state index in [9.17, 15) is 4.79 Å². The summed E-state index contributed by atoms with van der Waals surface area (Å²) >= 11 is 0. The van der Waals surface area contributed by atoms with Crippen LogP contribution < -0.4 is 5.32 Å². The Kier molecular flexibility index (Phi) is 5.05. The number of carbonyl (C=O) groups is 1. The number of aryl methyl sites for hydroxylation is 1. The standard InChI is InChI=1S/C18H23N5O/c1-14-5-3-4-6-15(14)12-19-17-11-16(20-13-21-17)18(24)23-9-7-22(2)8-10-23/h3-6,11,13H,7-10,12H2,1-2H3,(H,19,20,21). The number of benzene rings is 1. The smallest absolute Gasteiger partial charge is 0.272 e. The molecule has 0 atom stereocenters. The van der Waals surface area contributed by atoms with Crippen LogP contribution in [0.2, 0.25) is 0 Å². The summed E-state index contributed by atoms with van der Waals surface area (Å²) in [5, 5.41) is 3.28. The number of hydrogen-bond acceptors (Lipinski definition) is 5. The second kappa shape index (κ2) is 7.40. The van der Waals surface area contributed by atoms with Gasteiger partial charge in [-0.15, -0.1) is 0 Å². The first kappa shape index (κ1) is 16.4. The number of amides is 1. The Morgan fingerprint density at radius 1 is 1.17 bits per heavy atom. The van der Waals surface area contributed by atoms with Gasteiger partial charge in [-0.1, -0.05) is 24.3 Å². The van der Waals surface area contributed by atoms with Crippen molar-refractivity contribution in [3.8, 4) is 0 Å². The van der Waals surface area contributed by atoms with Crippen molar-refractivity contribution >= 4 is 11.7 Å². The molecule has 0 saturated carbocycles. The molecule has 1 saturated heterocycles. The summed E-state index contributed by atoms with van der Waals surface area (Å²) in [6.07, 6.45) is 1.45. The second-order valence-electron chi connectivity index (χ2n) is 6.16. The fraction of sp³-hybridized carbons (Fsp3) is 0.389. The number of nitrogens with one attached hydrogen (secondary N) is 1. The highest BCUT2D eigenvalue weighted by atomic mass is 16.2. The third-order valence-corrected chi connectivity index (χ3v) is 4.40. The summed E-state index contributed by atoms with van der Waals surface area (Å²) in [4.78, 5) is 25.0. The lowest BCUT2D eigenvalue weighted by atomic mass is 10.1. The van der Waals surface area contributed by atoms with E-state index in [1.807, 2.05) is 17.0 Å². The van der Waals surface area contributed by atoms with E-state index < -0.39 is 0 Å².